The van der Waals surface area contributed by atoms with Gasteiger partial charge < -0.3 is 10.1 Å². The van der Waals surface area contributed by atoms with Crippen molar-refractivity contribution in [3.8, 4) is 0 Å². The Morgan fingerprint density at radius 2 is 1.64 bits per heavy atom. The van der Waals surface area contributed by atoms with Crippen LogP contribution >= 0.6 is 0 Å². The Bertz CT molecular complexity index is 1000. The fourth-order valence-corrected chi connectivity index (χ4v) is 11.5. The molecule has 1 radical (unpaired) electrons. The molecule has 4 fully saturated rings. The fraction of sp³-hybridized carbons (Fsp3) is 0.919. The number of nitrogens with zero attached hydrogens (tertiary/aromatic N) is 1. The molecule has 8 atom stereocenters. The number of fused-ring (bicyclic) bond motifs is 5. The maximum atomic E-state index is 13.1. The van der Waals surface area contributed by atoms with Crippen LogP contribution in [0.4, 0.5) is 4.79 Å². The maximum absolute atomic E-state index is 13.1. The normalized spacial score (nSPS) is 40.5. The molecule has 5 nitrogen and oxygen atoms in total. The van der Waals surface area contributed by atoms with Crippen LogP contribution in [0.5, 0.6) is 0 Å². The second-order valence-electron chi connectivity index (χ2n) is 17.7. The molecule has 5 aliphatic rings. The molecule has 42 heavy (non-hydrogen) atoms. The first-order valence-corrected chi connectivity index (χ1v) is 17.7. The lowest BCUT2D eigenvalue weighted by molar-refractivity contribution is -0.289. The van der Waals surface area contributed by atoms with Crippen molar-refractivity contribution in [3.05, 3.63) is 11.6 Å². The highest BCUT2D eigenvalue weighted by Gasteiger charge is 2.59. The van der Waals surface area contributed by atoms with Crippen LogP contribution in [0.2, 0.25) is 0 Å². The topological polar surface area (TPSA) is 61.5 Å². The lowest BCUT2D eigenvalue weighted by Gasteiger charge is -2.58. The number of allylic oxidation sites excluding steroid dienone is 1. The van der Waals surface area contributed by atoms with Crippen LogP contribution in [-0.4, -0.2) is 34.4 Å². The summed E-state index contributed by atoms with van der Waals surface area (Å²) in [6, 6.07) is -0.0408. The van der Waals surface area contributed by atoms with E-state index >= 15 is 0 Å². The number of carbonyl (C=O) groups excluding carboxylic acids is 1. The molecule has 0 bridgehead atoms. The lowest BCUT2D eigenvalue weighted by atomic mass is 9.47. The minimum Gasteiger partial charge on any atom is -0.446 e. The minimum atomic E-state index is -0.503. The lowest BCUT2D eigenvalue weighted by Crippen LogP contribution is -2.62. The van der Waals surface area contributed by atoms with E-state index in [-0.39, 0.29) is 23.7 Å². The van der Waals surface area contributed by atoms with Gasteiger partial charge in [-0.25, -0.2) is 4.79 Å². The molecule has 1 amide bonds. The number of hydrogen-bond acceptors (Lipinski definition) is 3. The van der Waals surface area contributed by atoms with Crippen LogP contribution in [-0.2, 0) is 9.94 Å². The summed E-state index contributed by atoms with van der Waals surface area (Å²) in [5, 5.41) is 17.1. The quantitative estimate of drug-likeness (QED) is 0.304. The Morgan fingerprint density at radius 3 is 2.31 bits per heavy atom. The van der Waals surface area contributed by atoms with Gasteiger partial charge in [-0.15, -0.1) is 10.3 Å². The third-order valence-electron chi connectivity index (χ3n) is 13.4. The maximum Gasteiger partial charge on any atom is 0.407 e. The molecule has 4 aliphatic carbocycles. The van der Waals surface area contributed by atoms with E-state index in [2.05, 4.69) is 46.0 Å². The molecule has 1 saturated heterocycles. The van der Waals surface area contributed by atoms with E-state index in [1.165, 1.54) is 56.4 Å². The molecule has 0 aromatic carbocycles. The van der Waals surface area contributed by atoms with E-state index in [0.29, 0.717) is 18.3 Å². The number of carbonyl (C=O) groups is 1. The highest BCUT2D eigenvalue weighted by atomic mass is 16.6. The van der Waals surface area contributed by atoms with E-state index in [0.717, 1.165) is 54.8 Å². The summed E-state index contributed by atoms with van der Waals surface area (Å²) >= 11 is 0. The van der Waals surface area contributed by atoms with Crippen LogP contribution in [0, 0.1) is 46.3 Å². The van der Waals surface area contributed by atoms with Gasteiger partial charge in [-0.1, -0.05) is 65.5 Å². The van der Waals surface area contributed by atoms with Gasteiger partial charge in [-0.05, 0) is 132 Å². The highest BCUT2D eigenvalue weighted by molar-refractivity contribution is 5.68. The van der Waals surface area contributed by atoms with Gasteiger partial charge >= 0.3 is 6.09 Å². The van der Waals surface area contributed by atoms with Gasteiger partial charge in [0.25, 0.3) is 0 Å². The number of rotatable bonds is 7. The second kappa shape index (κ2) is 11.7. The van der Waals surface area contributed by atoms with E-state index in [1.54, 1.807) is 5.57 Å². The number of nitrogens with one attached hydrogen (secondary N) is 1. The van der Waals surface area contributed by atoms with E-state index in [9.17, 15) is 10.0 Å². The molecule has 1 N–H and O–H groups in total. The van der Waals surface area contributed by atoms with Crippen molar-refractivity contribution in [2.24, 2.45) is 46.3 Å². The first-order chi connectivity index (χ1) is 19.6. The zero-order valence-electron chi connectivity index (χ0n) is 28.6. The molecule has 0 unspecified atom stereocenters. The van der Waals surface area contributed by atoms with Gasteiger partial charge in [0.1, 0.15) is 6.10 Å². The average molecular weight is 584 g/mol. The Morgan fingerprint density at radius 1 is 0.952 bits per heavy atom. The summed E-state index contributed by atoms with van der Waals surface area (Å²) in [7, 11) is 0. The fourth-order valence-electron chi connectivity index (χ4n) is 11.5. The van der Waals surface area contributed by atoms with Gasteiger partial charge in [0.15, 0.2) is 0 Å². The second-order valence-corrected chi connectivity index (χ2v) is 17.7. The molecule has 239 valence electrons. The number of piperidine rings is 1. The van der Waals surface area contributed by atoms with E-state index in [1.807, 2.05) is 27.7 Å². The van der Waals surface area contributed by atoms with Gasteiger partial charge in [0.2, 0.25) is 0 Å². The predicted octanol–water partition coefficient (Wildman–Crippen LogP) is 9.49. The van der Waals surface area contributed by atoms with E-state index in [4.69, 9.17) is 4.74 Å². The number of ether oxygens (including phenoxy) is 1. The molecule has 0 aromatic heterocycles. The van der Waals surface area contributed by atoms with E-state index < -0.39 is 11.1 Å². The van der Waals surface area contributed by atoms with Crippen molar-refractivity contribution < 1.29 is 14.7 Å². The standard InChI is InChI=1S/C37H63N2O3/c1-24(2)11-10-12-25(3)30-15-16-31-29-14-13-26-21-28(17-19-36(26,8)32(29)18-20-37(30,31)9)42-33(40)38-27-22-34(4,5)39(41)35(6,7)23-27/h13,24-25,27-32H,10-12,14-23H2,1-9H3,(H,38,40)/t25-,28+,29+,30-,31+,32+,36+,37-/m1/s1. The van der Waals surface area contributed by atoms with Crippen LogP contribution in [0.15, 0.2) is 11.6 Å². The summed E-state index contributed by atoms with van der Waals surface area (Å²) in [5.41, 5.74) is 1.34. The average Bonchev–Trinajstić information content (AvgIpc) is 3.24. The molecular weight excluding hydrogens is 520 g/mol. The van der Waals surface area contributed by atoms with Crippen molar-refractivity contribution in [1.82, 2.24) is 10.4 Å². The van der Waals surface area contributed by atoms with Crippen molar-refractivity contribution in [3.63, 3.8) is 0 Å². The summed E-state index contributed by atoms with van der Waals surface area (Å²) in [6.45, 7) is 20.4. The number of hydrogen-bond donors (Lipinski definition) is 1. The van der Waals surface area contributed by atoms with Crippen molar-refractivity contribution in [2.75, 3.05) is 0 Å². The molecule has 3 saturated carbocycles. The Hall–Kier alpha value is -1.07. The summed E-state index contributed by atoms with van der Waals surface area (Å²) in [6.07, 6.45) is 17.5. The molecule has 1 heterocycles. The van der Waals surface area contributed by atoms with Crippen molar-refractivity contribution in [2.45, 2.75) is 169 Å². The zero-order valence-corrected chi connectivity index (χ0v) is 28.6. The SMILES string of the molecule is CC(C)CCC[C@@H](C)[C@H]1CC[C@H]2[C@@H]3CC=C4C[C@@H](OC(=O)NC5CC(C)(C)N([O])C(C)(C)C5)CC[C@]4(C)[C@H]3CC[C@]12C. The van der Waals surface area contributed by atoms with Gasteiger partial charge in [0.05, 0.1) is 0 Å². The predicted molar refractivity (Wildman–Crippen MR) is 170 cm³/mol. The minimum absolute atomic E-state index is 0.0408. The number of hydroxylamine groups is 2. The Balaban J connectivity index is 1.19. The third-order valence-corrected chi connectivity index (χ3v) is 13.4. The molecule has 1 aliphatic heterocycles. The first-order valence-electron chi connectivity index (χ1n) is 17.7. The van der Waals surface area contributed by atoms with Crippen molar-refractivity contribution >= 4 is 6.09 Å². The summed E-state index contributed by atoms with van der Waals surface area (Å²) in [5.74, 6) is 5.04. The monoisotopic (exact) mass is 583 g/mol. The molecule has 5 rings (SSSR count). The third kappa shape index (κ3) is 5.96. The smallest absolute Gasteiger partial charge is 0.407 e. The largest absolute Gasteiger partial charge is 0.446 e. The first kappa shape index (κ1) is 32.3. The van der Waals surface area contributed by atoms with Gasteiger partial charge in [-0.3, -0.25) is 0 Å². The zero-order chi connectivity index (χ0) is 30.7. The van der Waals surface area contributed by atoms with Crippen LogP contribution in [0.25, 0.3) is 0 Å². The van der Waals surface area contributed by atoms with Gasteiger partial charge in [0, 0.05) is 23.5 Å². The highest BCUT2D eigenvalue weighted by Crippen LogP contribution is 2.67. The molecule has 0 spiro atoms. The number of alkyl carbamates (subject to hydrolysis) is 1. The Kier molecular flexibility index (Phi) is 9.00. The molecule has 0 aromatic rings. The summed E-state index contributed by atoms with van der Waals surface area (Å²) < 4.78 is 6.08. The molecule has 5 heteroatoms. The van der Waals surface area contributed by atoms with Crippen LogP contribution in [0.3, 0.4) is 0 Å². The van der Waals surface area contributed by atoms with Crippen molar-refractivity contribution in [1.29, 1.82) is 0 Å². The van der Waals surface area contributed by atoms with Crippen LogP contribution in [0.1, 0.15) is 146 Å². The molecular formula is C37H63N2O3. The Labute approximate surface area is 257 Å². The summed E-state index contributed by atoms with van der Waals surface area (Å²) in [4.78, 5) is 13.1. The number of amides is 1. The van der Waals surface area contributed by atoms with Gasteiger partial charge in [-0.2, -0.15) is 0 Å². The van der Waals surface area contributed by atoms with Crippen LogP contribution < -0.4 is 5.32 Å².